The van der Waals surface area contributed by atoms with Gasteiger partial charge in [-0.05, 0) is 91.4 Å². The third-order valence-electron chi connectivity index (χ3n) is 11.3. The third kappa shape index (κ3) is 6.44. The Morgan fingerprint density at radius 2 is 0.843 bits per heavy atom. The Kier molecular flexibility index (Phi) is 9.60. The highest BCUT2D eigenvalue weighted by Gasteiger charge is 2.41. The Balaban J connectivity index is 1.86. The first-order valence-electron chi connectivity index (χ1n) is 19.4. The summed E-state index contributed by atoms with van der Waals surface area (Å²) in [6.07, 6.45) is 0. The van der Waals surface area contributed by atoms with E-state index in [1.165, 1.54) is 67.3 Å². The Labute approximate surface area is 317 Å². The average Bonchev–Trinajstić information content (AvgIpc) is 3.02. The number of benzene rings is 4. The number of hydrogen-bond acceptors (Lipinski definition) is 3. The van der Waals surface area contributed by atoms with Gasteiger partial charge in [-0.2, -0.15) is 0 Å². The molecule has 6 rings (SSSR count). The van der Waals surface area contributed by atoms with Crippen LogP contribution in [0, 0.1) is 0 Å². The Morgan fingerprint density at radius 3 is 1.12 bits per heavy atom. The molecule has 4 heteroatoms. The summed E-state index contributed by atoms with van der Waals surface area (Å²) in [6, 6.07) is 23.9. The summed E-state index contributed by atoms with van der Waals surface area (Å²) >= 11 is -0.518. The van der Waals surface area contributed by atoms with Gasteiger partial charge < -0.3 is 12.5 Å². The molecule has 0 unspecified atom stereocenters. The standard InChI is InChI=1S/C47H62N2O.Al/c1-27(2)33-19-17-20-34(28(3)4)41(33)48-39-25-31(45(9,10)11)23-37-43(39)50-44-38(47(37,15)16)24-32(46(12,13)14)26-40(44)49-42-35(29(5)6)21-18-22-36(42)30(7)8;/h17-30H,1-16H3;/q-2;+1. The first-order chi connectivity index (χ1) is 23.6. The molecule has 51 heavy (non-hydrogen) atoms. The van der Waals surface area contributed by atoms with Crippen molar-refractivity contribution in [2.75, 3.05) is 7.77 Å². The topological polar surface area (TPSA) is 15.7 Å². The molecule has 0 N–H and O–H groups in total. The third-order valence-corrected chi connectivity index (χ3v) is 12.9. The van der Waals surface area contributed by atoms with Crippen molar-refractivity contribution in [2.24, 2.45) is 0 Å². The molecule has 0 fully saturated rings. The Morgan fingerprint density at radius 1 is 0.529 bits per heavy atom. The van der Waals surface area contributed by atoms with Crippen molar-refractivity contribution in [3.63, 3.8) is 0 Å². The fourth-order valence-electron chi connectivity index (χ4n) is 8.02. The molecular weight excluding hydrogens is 636 g/mol. The predicted octanol–water partition coefficient (Wildman–Crippen LogP) is 14.0. The number of hydrogen-bond donors (Lipinski definition) is 0. The smallest absolute Gasteiger partial charge is 0.150 e. The largest absolute Gasteiger partial charge is 0.592 e. The van der Waals surface area contributed by atoms with E-state index in [4.69, 9.17) is 4.74 Å². The van der Waals surface area contributed by atoms with Gasteiger partial charge in [-0.25, -0.2) is 0 Å². The van der Waals surface area contributed by atoms with Gasteiger partial charge in [0.25, 0.3) is 0 Å². The Hall–Kier alpha value is -3.19. The average molecular weight is 698 g/mol. The van der Waals surface area contributed by atoms with Gasteiger partial charge in [0, 0.05) is 27.9 Å². The molecule has 0 spiro atoms. The van der Waals surface area contributed by atoms with Crippen LogP contribution >= 0.6 is 0 Å². The van der Waals surface area contributed by atoms with Crippen molar-refractivity contribution in [2.45, 2.75) is 151 Å². The number of nitrogens with zero attached hydrogens (tertiary/aromatic N) is 2. The van der Waals surface area contributed by atoms with Crippen LogP contribution in [0.25, 0.3) is 0 Å². The highest BCUT2D eigenvalue weighted by molar-refractivity contribution is 6.52. The van der Waals surface area contributed by atoms with Crippen LogP contribution < -0.4 is 12.5 Å². The zero-order valence-electron chi connectivity index (χ0n) is 34.5. The van der Waals surface area contributed by atoms with E-state index in [-0.39, 0.29) is 16.2 Å². The molecule has 0 saturated heterocycles. The maximum atomic E-state index is 7.49. The van der Waals surface area contributed by atoms with E-state index in [2.05, 4.69) is 179 Å². The number of ether oxygens (including phenoxy) is 1. The monoisotopic (exact) mass is 697 g/mol. The molecule has 0 aromatic heterocycles. The van der Waals surface area contributed by atoms with Crippen LogP contribution in [0.2, 0.25) is 0 Å². The number of para-hydroxylation sites is 2. The molecule has 0 aliphatic carbocycles. The maximum absolute atomic E-state index is 7.49. The van der Waals surface area contributed by atoms with Gasteiger partial charge in [0.2, 0.25) is 0 Å². The van der Waals surface area contributed by atoms with E-state index in [0.717, 1.165) is 11.5 Å². The van der Waals surface area contributed by atoms with Crippen LogP contribution in [-0.4, -0.2) is 15.7 Å². The van der Waals surface area contributed by atoms with Crippen molar-refractivity contribution < 1.29 is 4.74 Å². The summed E-state index contributed by atoms with van der Waals surface area (Å²) in [5.41, 5.74) is 15.6. The molecule has 2 bridgehead atoms. The molecule has 270 valence electrons. The van der Waals surface area contributed by atoms with E-state index < -0.39 is 15.7 Å². The van der Waals surface area contributed by atoms with Gasteiger partial charge in [0.15, 0.2) is 0 Å². The summed E-state index contributed by atoms with van der Waals surface area (Å²) in [7, 11) is 0. The number of rotatable bonds is 6. The molecule has 2 radical (unpaired) electrons. The van der Waals surface area contributed by atoms with Gasteiger partial charge in [-0.3, -0.25) is 0 Å². The van der Waals surface area contributed by atoms with E-state index >= 15 is 0 Å². The van der Waals surface area contributed by atoms with Gasteiger partial charge in [0.05, 0.1) is 15.7 Å². The lowest BCUT2D eigenvalue weighted by Crippen LogP contribution is -2.42. The lowest BCUT2D eigenvalue weighted by molar-refractivity contribution is 0.416. The van der Waals surface area contributed by atoms with Gasteiger partial charge in [-0.15, -0.1) is 0 Å². The zero-order chi connectivity index (χ0) is 37.5. The fourth-order valence-corrected chi connectivity index (χ4v) is 9.71. The molecular formula is C47H62AlN2O-. The second-order valence-electron chi connectivity index (χ2n) is 19.0. The predicted molar refractivity (Wildman–Crippen MR) is 222 cm³/mol. The van der Waals surface area contributed by atoms with Crippen molar-refractivity contribution in [1.29, 1.82) is 0 Å². The minimum Gasteiger partial charge on any atom is -0.592 e. The SMILES string of the molecule is CC(C)c1cccc(C(C)C)c1[N]1[Al-][N](c2c(C(C)C)cccc2C(C)C)c2cc(C(C)(C)C)cc3c2Oc2c1cc(C(C)(C)C)cc2C3(C)C. The Bertz CT molecular complexity index is 1780. The highest BCUT2D eigenvalue weighted by atomic mass is 27.1. The second-order valence-corrected chi connectivity index (χ2v) is 20.3. The first kappa shape index (κ1) is 37.6. The van der Waals surface area contributed by atoms with Crippen molar-refractivity contribution >= 4 is 38.4 Å². The maximum Gasteiger partial charge on any atom is 0.150 e. The van der Waals surface area contributed by atoms with Crippen LogP contribution in [0.1, 0.15) is 179 Å². The van der Waals surface area contributed by atoms with Crippen LogP contribution in [0.3, 0.4) is 0 Å². The van der Waals surface area contributed by atoms with E-state index in [0.29, 0.717) is 23.7 Å². The summed E-state index contributed by atoms with van der Waals surface area (Å²) < 4.78 is 12.9. The molecule has 2 heterocycles. The van der Waals surface area contributed by atoms with Crippen molar-refractivity contribution in [1.82, 2.24) is 0 Å². The van der Waals surface area contributed by atoms with E-state index in [9.17, 15) is 0 Å². The molecule has 0 atom stereocenters. The zero-order valence-corrected chi connectivity index (χ0v) is 35.6. The van der Waals surface area contributed by atoms with Crippen molar-refractivity contribution in [3.05, 3.63) is 105 Å². The van der Waals surface area contributed by atoms with E-state index in [1.807, 2.05) is 0 Å². The van der Waals surface area contributed by atoms with Gasteiger partial charge >= 0.3 is 0 Å². The summed E-state index contributed by atoms with van der Waals surface area (Å²) in [5.74, 6) is 3.47. The molecule has 3 nitrogen and oxygen atoms in total. The quantitative estimate of drug-likeness (QED) is 0.187. The molecule has 4 aromatic carbocycles. The molecule has 4 aromatic rings. The molecule has 2 aliphatic rings. The molecule has 0 amide bonds. The van der Waals surface area contributed by atoms with Crippen LogP contribution in [0.15, 0.2) is 60.7 Å². The lowest BCUT2D eigenvalue weighted by atomic mass is 9.71. The molecule has 0 saturated carbocycles. The van der Waals surface area contributed by atoms with Gasteiger partial charge in [0.1, 0.15) is 11.5 Å². The highest BCUT2D eigenvalue weighted by Crippen LogP contribution is 2.60. The van der Waals surface area contributed by atoms with Crippen LogP contribution in [-0.2, 0) is 16.2 Å². The summed E-state index contributed by atoms with van der Waals surface area (Å²) in [5, 5.41) is 0. The van der Waals surface area contributed by atoms with E-state index in [1.54, 1.807) is 0 Å². The van der Waals surface area contributed by atoms with Gasteiger partial charge in [-0.1, -0.05) is 159 Å². The minimum absolute atomic E-state index is 0.0448. The lowest BCUT2D eigenvalue weighted by Gasteiger charge is -2.55. The normalized spacial score (nSPS) is 15.5. The van der Waals surface area contributed by atoms with Crippen LogP contribution in [0.4, 0.5) is 22.7 Å². The molecule has 2 aliphatic heterocycles. The summed E-state index contributed by atoms with van der Waals surface area (Å²) in [6.45, 7) is 37.8. The summed E-state index contributed by atoms with van der Waals surface area (Å²) in [4.78, 5) is 0. The van der Waals surface area contributed by atoms with Crippen molar-refractivity contribution in [3.8, 4) is 11.5 Å². The number of anilines is 4. The second kappa shape index (κ2) is 13.0. The fraction of sp³-hybridized carbons (Fsp3) is 0.489. The van der Waals surface area contributed by atoms with Crippen LogP contribution in [0.5, 0.6) is 11.5 Å². The first-order valence-corrected chi connectivity index (χ1v) is 20.4. The minimum atomic E-state index is -0.518.